The lowest BCUT2D eigenvalue weighted by molar-refractivity contribution is -0.120. The zero-order valence-corrected chi connectivity index (χ0v) is 9.17. The third-order valence-corrected chi connectivity index (χ3v) is 1.79. The maximum atomic E-state index is 10.9. The lowest BCUT2D eigenvalue weighted by Gasteiger charge is -2.10. The number of carbonyl (C=O) groups excluding carboxylic acids is 1. The molecule has 5 nitrogen and oxygen atoms in total. The lowest BCUT2D eigenvalue weighted by atomic mass is 10.3. The number of hydrogen-bond acceptors (Lipinski definition) is 3. The summed E-state index contributed by atoms with van der Waals surface area (Å²) in [5, 5.41) is 11.4. The van der Waals surface area contributed by atoms with E-state index >= 15 is 0 Å². The number of rotatable bonds is 2. The van der Waals surface area contributed by atoms with E-state index in [-0.39, 0.29) is 11.5 Å². The predicted molar refractivity (Wildman–Crippen MR) is 64.2 cm³/mol. The van der Waals surface area contributed by atoms with E-state index in [9.17, 15) is 4.79 Å². The highest BCUT2D eigenvalue weighted by Gasteiger charge is 2.00. The van der Waals surface area contributed by atoms with Crippen molar-refractivity contribution in [1.82, 2.24) is 10.9 Å². The first-order valence-corrected chi connectivity index (χ1v) is 4.91. The maximum Gasteiger partial charge on any atom is 0.252 e. The van der Waals surface area contributed by atoms with Crippen molar-refractivity contribution < 1.29 is 4.79 Å². The Morgan fingerprint density at radius 1 is 1.31 bits per heavy atom. The minimum Gasteiger partial charge on any atom is -0.331 e. The smallest absolute Gasteiger partial charge is 0.252 e. The Morgan fingerprint density at radius 3 is 2.62 bits per heavy atom. The number of hydrogen-bond donors (Lipinski definition) is 3. The van der Waals surface area contributed by atoms with Crippen LogP contribution in [0.3, 0.4) is 0 Å². The van der Waals surface area contributed by atoms with Gasteiger partial charge in [-0.1, -0.05) is 18.2 Å². The fourth-order valence-electron chi connectivity index (χ4n) is 0.926. The Morgan fingerprint density at radius 2 is 2.00 bits per heavy atom. The number of amides is 1. The molecule has 82 valence electrons. The molecule has 1 aromatic carbocycles. The Bertz CT molecular complexity index is 413. The summed E-state index contributed by atoms with van der Waals surface area (Å²) in [5.74, 6) is -0.431. The van der Waals surface area contributed by atoms with Gasteiger partial charge in [-0.2, -0.15) is 5.26 Å². The van der Waals surface area contributed by atoms with Crippen LogP contribution in [-0.4, -0.2) is 11.0 Å². The first-order valence-electron chi connectivity index (χ1n) is 4.50. The Hall–Kier alpha value is -2.13. The average Bonchev–Trinajstić information content (AvgIpc) is 2.28. The van der Waals surface area contributed by atoms with Crippen molar-refractivity contribution in [3.05, 3.63) is 30.3 Å². The van der Waals surface area contributed by atoms with E-state index in [1.54, 1.807) is 6.07 Å². The van der Waals surface area contributed by atoms with Crippen molar-refractivity contribution in [3.8, 4) is 6.07 Å². The molecule has 0 aliphatic rings. The molecule has 6 heteroatoms. The maximum absolute atomic E-state index is 10.9. The number of nitrogens with zero attached hydrogens (tertiary/aromatic N) is 1. The average molecular weight is 234 g/mol. The molecule has 0 atom stereocenters. The summed E-state index contributed by atoms with van der Waals surface area (Å²) < 4.78 is 0. The minimum atomic E-state index is -0.431. The van der Waals surface area contributed by atoms with Gasteiger partial charge in [-0.25, -0.2) is 0 Å². The first kappa shape index (κ1) is 11.9. The van der Waals surface area contributed by atoms with Crippen LogP contribution in [0, 0.1) is 11.3 Å². The van der Waals surface area contributed by atoms with Crippen LogP contribution in [0.4, 0.5) is 5.69 Å². The molecule has 16 heavy (non-hydrogen) atoms. The van der Waals surface area contributed by atoms with Crippen LogP contribution in [0.2, 0.25) is 0 Å². The predicted octanol–water partition coefficient (Wildman–Crippen LogP) is 0.918. The molecule has 0 aromatic heterocycles. The second-order valence-electron chi connectivity index (χ2n) is 2.83. The van der Waals surface area contributed by atoms with E-state index in [1.165, 1.54) is 0 Å². The number of anilines is 1. The Labute approximate surface area is 98.4 Å². The summed E-state index contributed by atoms with van der Waals surface area (Å²) in [7, 11) is 0. The number of nitriles is 1. The summed E-state index contributed by atoms with van der Waals surface area (Å²) in [5.41, 5.74) is 5.59. The Balaban J connectivity index is 2.32. The molecule has 0 aliphatic heterocycles. The topological polar surface area (TPSA) is 77.0 Å². The van der Waals surface area contributed by atoms with Crippen molar-refractivity contribution in [2.45, 2.75) is 6.42 Å². The number of hydrazine groups is 1. The number of thiocarbonyl (C=S) groups is 1. The standard InChI is InChI=1S/C10H10N4OS/c11-7-6-9(15)13-14-10(16)12-8-4-2-1-3-5-8/h1-5H,6H2,(H,13,15)(H2,12,14,16). The lowest BCUT2D eigenvalue weighted by Crippen LogP contribution is -2.43. The molecule has 0 unspecified atom stereocenters. The summed E-state index contributed by atoms with van der Waals surface area (Å²) >= 11 is 4.92. The summed E-state index contributed by atoms with van der Waals surface area (Å²) in [6, 6.07) is 11.0. The molecule has 0 aliphatic carbocycles. The highest BCUT2D eigenvalue weighted by Crippen LogP contribution is 2.03. The third kappa shape index (κ3) is 4.39. The second kappa shape index (κ2) is 6.37. The van der Waals surface area contributed by atoms with Gasteiger partial charge in [-0.15, -0.1) is 0 Å². The van der Waals surface area contributed by atoms with E-state index in [4.69, 9.17) is 17.5 Å². The zero-order valence-electron chi connectivity index (χ0n) is 8.36. The van der Waals surface area contributed by atoms with Gasteiger partial charge in [0.2, 0.25) is 0 Å². The van der Waals surface area contributed by atoms with Crippen LogP contribution >= 0.6 is 12.2 Å². The molecule has 3 N–H and O–H groups in total. The minimum absolute atomic E-state index is 0.207. The fourth-order valence-corrected chi connectivity index (χ4v) is 1.10. The molecule has 0 bridgehead atoms. The van der Waals surface area contributed by atoms with Gasteiger partial charge in [0.15, 0.2) is 5.11 Å². The molecule has 0 fully saturated rings. The van der Waals surface area contributed by atoms with E-state index in [1.807, 2.05) is 30.3 Å². The van der Waals surface area contributed by atoms with E-state index < -0.39 is 5.91 Å². The normalized spacial score (nSPS) is 8.69. The van der Waals surface area contributed by atoms with Gasteiger partial charge in [0.1, 0.15) is 6.42 Å². The van der Waals surface area contributed by atoms with Crippen molar-refractivity contribution in [1.29, 1.82) is 5.26 Å². The van der Waals surface area contributed by atoms with Crippen LogP contribution < -0.4 is 16.2 Å². The van der Waals surface area contributed by atoms with Gasteiger partial charge >= 0.3 is 0 Å². The summed E-state index contributed by atoms with van der Waals surface area (Å²) in [6.45, 7) is 0. The van der Waals surface area contributed by atoms with Gasteiger partial charge in [-0.3, -0.25) is 15.6 Å². The van der Waals surface area contributed by atoms with E-state index in [0.29, 0.717) is 0 Å². The van der Waals surface area contributed by atoms with E-state index in [0.717, 1.165) is 5.69 Å². The van der Waals surface area contributed by atoms with Crippen LogP contribution in [0.25, 0.3) is 0 Å². The molecule has 0 radical (unpaired) electrons. The molecule has 0 spiro atoms. The largest absolute Gasteiger partial charge is 0.331 e. The second-order valence-corrected chi connectivity index (χ2v) is 3.24. The fraction of sp³-hybridized carbons (Fsp3) is 0.100. The van der Waals surface area contributed by atoms with Crippen molar-refractivity contribution in [2.24, 2.45) is 0 Å². The van der Waals surface area contributed by atoms with Crippen molar-refractivity contribution >= 4 is 28.9 Å². The van der Waals surface area contributed by atoms with Crippen LogP contribution in [0.1, 0.15) is 6.42 Å². The SMILES string of the molecule is N#CCC(=O)NNC(=S)Nc1ccccc1. The molecule has 0 heterocycles. The monoisotopic (exact) mass is 234 g/mol. The van der Waals surface area contributed by atoms with Crippen LogP contribution in [0.5, 0.6) is 0 Å². The van der Waals surface area contributed by atoms with Gasteiger partial charge in [-0.05, 0) is 24.4 Å². The first-order chi connectivity index (χ1) is 7.72. The molecule has 1 amide bonds. The third-order valence-electron chi connectivity index (χ3n) is 1.59. The number of benzene rings is 1. The molecule has 0 saturated carbocycles. The van der Waals surface area contributed by atoms with Gasteiger partial charge < -0.3 is 5.32 Å². The molecule has 0 saturated heterocycles. The number of para-hydroxylation sites is 1. The van der Waals surface area contributed by atoms with Gasteiger partial charge in [0.25, 0.3) is 5.91 Å². The van der Waals surface area contributed by atoms with Crippen LogP contribution in [-0.2, 0) is 4.79 Å². The number of carbonyl (C=O) groups is 1. The van der Waals surface area contributed by atoms with Crippen molar-refractivity contribution in [2.75, 3.05) is 5.32 Å². The van der Waals surface area contributed by atoms with E-state index in [2.05, 4.69) is 16.2 Å². The summed E-state index contributed by atoms with van der Waals surface area (Å²) in [6.07, 6.45) is -0.207. The Kier molecular flexibility index (Phi) is 4.76. The highest BCUT2D eigenvalue weighted by molar-refractivity contribution is 7.80. The quantitative estimate of drug-likeness (QED) is 0.524. The van der Waals surface area contributed by atoms with Gasteiger partial charge in [0, 0.05) is 5.69 Å². The summed E-state index contributed by atoms with van der Waals surface area (Å²) in [4.78, 5) is 10.9. The van der Waals surface area contributed by atoms with Crippen molar-refractivity contribution in [3.63, 3.8) is 0 Å². The van der Waals surface area contributed by atoms with Gasteiger partial charge in [0.05, 0.1) is 6.07 Å². The molecular formula is C10H10N4OS. The molecule has 1 aromatic rings. The highest BCUT2D eigenvalue weighted by atomic mass is 32.1. The number of nitrogens with one attached hydrogen (secondary N) is 3. The molecule has 1 rings (SSSR count). The zero-order chi connectivity index (χ0) is 11.8. The molecular weight excluding hydrogens is 224 g/mol. The van der Waals surface area contributed by atoms with Crippen LogP contribution in [0.15, 0.2) is 30.3 Å².